The summed E-state index contributed by atoms with van der Waals surface area (Å²) in [5, 5.41) is 7.92. The number of rotatable bonds is 3. The molecule has 1 atom stereocenters. The van der Waals surface area contributed by atoms with Crippen LogP contribution in [0.15, 0.2) is 6.20 Å². The van der Waals surface area contributed by atoms with Crippen molar-refractivity contribution in [2.45, 2.75) is 33.4 Å². The smallest absolute Gasteiger partial charge is 0.0991 e. The third-order valence-electron chi connectivity index (χ3n) is 1.58. The molecule has 4 heteroatoms. The Hall–Kier alpha value is -0.900. The van der Waals surface area contributed by atoms with Crippen LogP contribution in [0.1, 0.15) is 32.5 Å². The molecule has 1 aromatic rings. The van der Waals surface area contributed by atoms with Gasteiger partial charge in [0, 0.05) is 12.6 Å². The van der Waals surface area contributed by atoms with Crippen LogP contribution in [0, 0.1) is 5.92 Å². The summed E-state index contributed by atoms with van der Waals surface area (Å²) < 4.78 is 1.84. The van der Waals surface area contributed by atoms with Crippen molar-refractivity contribution in [3.8, 4) is 0 Å². The van der Waals surface area contributed by atoms with Gasteiger partial charge in [-0.05, 0) is 12.8 Å². The third-order valence-corrected chi connectivity index (χ3v) is 1.58. The predicted molar refractivity (Wildman–Crippen MR) is 47.5 cm³/mol. The van der Waals surface area contributed by atoms with E-state index < -0.39 is 0 Å². The van der Waals surface area contributed by atoms with Crippen LogP contribution in [0.5, 0.6) is 0 Å². The van der Waals surface area contributed by atoms with Crippen LogP contribution in [0.25, 0.3) is 0 Å². The molecule has 0 aliphatic heterocycles. The summed E-state index contributed by atoms with van der Waals surface area (Å²) in [4.78, 5) is 0. The van der Waals surface area contributed by atoms with E-state index in [1.165, 1.54) is 0 Å². The molecular weight excluding hydrogens is 152 g/mol. The number of nitrogens with two attached hydrogens (primary N) is 1. The maximum Gasteiger partial charge on any atom is 0.0991 e. The predicted octanol–water partition coefficient (Wildman–Crippen LogP) is 0.954. The minimum Gasteiger partial charge on any atom is -0.323 e. The molecule has 0 saturated heterocycles. The van der Waals surface area contributed by atoms with Crippen LogP contribution >= 0.6 is 0 Å². The lowest BCUT2D eigenvalue weighted by molar-refractivity contribution is 0.472. The van der Waals surface area contributed by atoms with Crippen molar-refractivity contribution in [1.29, 1.82) is 0 Å². The van der Waals surface area contributed by atoms with Gasteiger partial charge in [-0.15, -0.1) is 5.10 Å². The van der Waals surface area contributed by atoms with Gasteiger partial charge in [-0.3, -0.25) is 4.68 Å². The van der Waals surface area contributed by atoms with Crippen molar-refractivity contribution in [1.82, 2.24) is 15.0 Å². The molecule has 0 fully saturated rings. The Morgan fingerprint density at radius 3 is 2.58 bits per heavy atom. The second-order valence-corrected chi connectivity index (χ2v) is 3.55. The van der Waals surface area contributed by atoms with Crippen LogP contribution in [0.2, 0.25) is 0 Å². The molecule has 1 heterocycles. The highest BCUT2D eigenvalue weighted by Crippen LogP contribution is 2.05. The van der Waals surface area contributed by atoms with Gasteiger partial charge in [0.25, 0.3) is 0 Å². The van der Waals surface area contributed by atoms with Crippen LogP contribution < -0.4 is 5.73 Å². The highest BCUT2D eigenvalue weighted by atomic mass is 15.4. The summed E-state index contributed by atoms with van der Waals surface area (Å²) in [5.41, 5.74) is 6.50. The van der Waals surface area contributed by atoms with Crippen molar-refractivity contribution < 1.29 is 0 Å². The Kier molecular flexibility index (Phi) is 2.81. The molecule has 4 nitrogen and oxygen atoms in total. The van der Waals surface area contributed by atoms with Gasteiger partial charge in [0.2, 0.25) is 0 Å². The average Bonchev–Trinajstić information content (AvgIpc) is 2.34. The maximum atomic E-state index is 5.64. The minimum absolute atomic E-state index is 0.0223. The Morgan fingerprint density at radius 2 is 2.17 bits per heavy atom. The summed E-state index contributed by atoms with van der Waals surface area (Å²) in [6.45, 7) is 7.10. The van der Waals surface area contributed by atoms with Gasteiger partial charge < -0.3 is 5.73 Å². The lowest BCUT2D eigenvalue weighted by atomic mass is 10.2. The van der Waals surface area contributed by atoms with E-state index >= 15 is 0 Å². The van der Waals surface area contributed by atoms with Crippen molar-refractivity contribution in [3.05, 3.63) is 11.9 Å². The molecule has 0 saturated carbocycles. The van der Waals surface area contributed by atoms with E-state index in [0.717, 1.165) is 12.2 Å². The third kappa shape index (κ3) is 2.30. The van der Waals surface area contributed by atoms with Gasteiger partial charge >= 0.3 is 0 Å². The highest BCUT2D eigenvalue weighted by Gasteiger charge is 2.05. The summed E-state index contributed by atoms with van der Waals surface area (Å²) in [6.07, 6.45) is 1.91. The molecule has 0 aliphatic carbocycles. The van der Waals surface area contributed by atoms with Gasteiger partial charge in [0.1, 0.15) is 0 Å². The molecule has 0 amide bonds. The quantitative estimate of drug-likeness (QED) is 0.731. The van der Waals surface area contributed by atoms with Gasteiger partial charge in [0.15, 0.2) is 0 Å². The van der Waals surface area contributed by atoms with Gasteiger partial charge in [-0.25, -0.2) is 0 Å². The van der Waals surface area contributed by atoms with E-state index in [1.54, 1.807) is 0 Å². The lowest BCUT2D eigenvalue weighted by Crippen LogP contribution is -2.06. The van der Waals surface area contributed by atoms with E-state index in [9.17, 15) is 0 Å². The Balaban J connectivity index is 2.64. The second-order valence-electron chi connectivity index (χ2n) is 3.55. The molecular formula is C8H16N4. The molecule has 12 heavy (non-hydrogen) atoms. The zero-order chi connectivity index (χ0) is 9.14. The van der Waals surface area contributed by atoms with Gasteiger partial charge in [0.05, 0.1) is 11.9 Å². The average molecular weight is 168 g/mol. The monoisotopic (exact) mass is 168 g/mol. The Morgan fingerprint density at radius 1 is 1.50 bits per heavy atom. The first kappa shape index (κ1) is 9.19. The molecule has 0 spiro atoms. The van der Waals surface area contributed by atoms with Crippen molar-refractivity contribution in [3.63, 3.8) is 0 Å². The topological polar surface area (TPSA) is 56.7 Å². The molecule has 0 aliphatic rings. The first-order chi connectivity index (χ1) is 5.59. The lowest BCUT2D eigenvalue weighted by Gasteiger charge is -2.02. The van der Waals surface area contributed by atoms with Crippen LogP contribution in [0.3, 0.4) is 0 Å². The highest BCUT2D eigenvalue weighted by molar-refractivity contribution is 4.97. The van der Waals surface area contributed by atoms with E-state index in [0.29, 0.717) is 5.92 Å². The SMILES string of the molecule is CC(C)Cn1cc([C@@H](C)N)nn1. The van der Waals surface area contributed by atoms with Gasteiger partial charge in [-0.1, -0.05) is 19.1 Å². The molecule has 0 radical (unpaired) electrons. The maximum absolute atomic E-state index is 5.64. The summed E-state index contributed by atoms with van der Waals surface area (Å²) in [7, 11) is 0. The first-order valence-electron chi connectivity index (χ1n) is 4.25. The standard InChI is InChI=1S/C8H16N4/c1-6(2)4-12-5-8(7(3)9)10-11-12/h5-7H,4,9H2,1-3H3/t7-/m1/s1. The van der Waals surface area contributed by atoms with E-state index in [2.05, 4.69) is 24.2 Å². The fourth-order valence-corrected chi connectivity index (χ4v) is 0.985. The normalized spacial score (nSPS) is 13.8. The molecule has 2 N–H and O–H groups in total. The summed E-state index contributed by atoms with van der Waals surface area (Å²) >= 11 is 0. The molecule has 0 bridgehead atoms. The first-order valence-corrected chi connectivity index (χ1v) is 4.25. The van der Waals surface area contributed by atoms with Gasteiger partial charge in [-0.2, -0.15) is 0 Å². The van der Waals surface area contributed by atoms with Crippen molar-refractivity contribution in [2.75, 3.05) is 0 Å². The number of nitrogens with zero attached hydrogens (tertiary/aromatic N) is 3. The van der Waals surface area contributed by atoms with Crippen LogP contribution in [-0.2, 0) is 6.54 Å². The minimum atomic E-state index is -0.0223. The molecule has 0 unspecified atom stereocenters. The summed E-state index contributed by atoms with van der Waals surface area (Å²) in [5.74, 6) is 0.590. The molecule has 1 aromatic heterocycles. The van der Waals surface area contributed by atoms with E-state index in [-0.39, 0.29) is 6.04 Å². The zero-order valence-corrected chi connectivity index (χ0v) is 7.86. The number of hydrogen-bond acceptors (Lipinski definition) is 3. The number of aromatic nitrogens is 3. The van der Waals surface area contributed by atoms with Crippen LogP contribution in [-0.4, -0.2) is 15.0 Å². The second kappa shape index (κ2) is 3.67. The fraction of sp³-hybridized carbons (Fsp3) is 0.750. The molecule has 1 rings (SSSR count). The van der Waals surface area contributed by atoms with E-state index in [4.69, 9.17) is 5.73 Å². The molecule has 68 valence electrons. The Labute approximate surface area is 72.8 Å². The van der Waals surface area contributed by atoms with Crippen LogP contribution in [0.4, 0.5) is 0 Å². The summed E-state index contributed by atoms with van der Waals surface area (Å²) in [6, 6.07) is -0.0223. The van der Waals surface area contributed by atoms with E-state index in [1.807, 2.05) is 17.8 Å². The Bertz CT molecular complexity index is 239. The molecule has 0 aromatic carbocycles. The largest absolute Gasteiger partial charge is 0.323 e. The van der Waals surface area contributed by atoms with Crippen molar-refractivity contribution >= 4 is 0 Å². The zero-order valence-electron chi connectivity index (χ0n) is 7.86. The fourth-order valence-electron chi connectivity index (χ4n) is 0.985. The van der Waals surface area contributed by atoms with Crippen molar-refractivity contribution in [2.24, 2.45) is 11.7 Å². The number of hydrogen-bond donors (Lipinski definition) is 1.